The summed E-state index contributed by atoms with van der Waals surface area (Å²) in [5.74, 6) is 0.454. The third kappa shape index (κ3) is 2.06. The molecule has 84 valence electrons. The van der Waals surface area contributed by atoms with Crippen molar-refractivity contribution < 1.29 is 4.74 Å². The second-order valence-corrected chi connectivity index (χ2v) is 4.42. The quantitative estimate of drug-likeness (QED) is 0.820. The van der Waals surface area contributed by atoms with Crippen molar-refractivity contribution >= 4 is 0 Å². The second kappa shape index (κ2) is 4.33. The van der Waals surface area contributed by atoms with Crippen molar-refractivity contribution in [3.63, 3.8) is 0 Å². The average Bonchev–Trinajstić information content (AvgIpc) is 2.85. The fourth-order valence-electron chi connectivity index (χ4n) is 2.03. The molecule has 4 heteroatoms. The van der Waals surface area contributed by atoms with Gasteiger partial charge in [-0.2, -0.15) is 5.10 Å². The fraction of sp³-hybridized carbons (Fsp3) is 0.727. The van der Waals surface area contributed by atoms with Gasteiger partial charge in [0.15, 0.2) is 0 Å². The molecule has 1 aromatic rings. The molecule has 0 aromatic carbocycles. The molecule has 2 rings (SSSR count). The summed E-state index contributed by atoms with van der Waals surface area (Å²) in [4.78, 5) is 0. The molecule has 0 aliphatic carbocycles. The molecule has 15 heavy (non-hydrogen) atoms. The van der Waals surface area contributed by atoms with E-state index in [2.05, 4.69) is 25.1 Å². The van der Waals surface area contributed by atoms with Crippen molar-refractivity contribution in [3.8, 4) is 0 Å². The Morgan fingerprint density at radius 3 is 3.07 bits per heavy atom. The molecule has 0 unspecified atom stereocenters. The van der Waals surface area contributed by atoms with Crippen molar-refractivity contribution in [1.29, 1.82) is 0 Å². The summed E-state index contributed by atoms with van der Waals surface area (Å²) >= 11 is 0. The average molecular weight is 209 g/mol. The van der Waals surface area contributed by atoms with E-state index >= 15 is 0 Å². The zero-order chi connectivity index (χ0) is 10.8. The van der Waals surface area contributed by atoms with E-state index in [4.69, 9.17) is 10.5 Å². The third-order valence-electron chi connectivity index (χ3n) is 3.00. The number of hydrogen-bond acceptors (Lipinski definition) is 3. The Kier molecular flexibility index (Phi) is 3.07. The molecule has 0 amide bonds. The van der Waals surface area contributed by atoms with Gasteiger partial charge in [0.05, 0.1) is 12.3 Å². The first-order valence-corrected chi connectivity index (χ1v) is 5.58. The first kappa shape index (κ1) is 10.6. The van der Waals surface area contributed by atoms with Crippen molar-refractivity contribution in [1.82, 2.24) is 9.78 Å². The van der Waals surface area contributed by atoms with Crippen molar-refractivity contribution in [3.05, 3.63) is 18.0 Å². The van der Waals surface area contributed by atoms with Gasteiger partial charge in [-0.05, 0) is 26.8 Å². The van der Waals surface area contributed by atoms with E-state index in [1.54, 1.807) is 0 Å². The molecule has 1 aliphatic rings. The van der Waals surface area contributed by atoms with Gasteiger partial charge in [-0.15, -0.1) is 0 Å². The molecule has 2 heterocycles. The Hall–Kier alpha value is -0.870. The van der Waals surface area contributed by atoms with Gasteiger partial charge in [0.2, 0.25) is 0 Å². The summed E-state index contributed by atoms with van der Waals surface area (Å²) in [6.45, 7) is 5.75. The largest absolute Gasteiger partial charge is 0.373 e. The molecule has 1 fully saturated rings. The van der Waals surface area contributed by atoms with Crippen LogP contribution in [-0.2, 0) is 4.74 Å². The van der Waals surface area contributed by atoms with Gasteiger partial charge in [-0.1, -0.05) is 0 Å². The molecule has 4 nitrogen and oxygen atoms in total. The first-order valence-electron chi connectivity index (χ1n) is 5.58. The minimum Gasteiger partial charge on any atom is -0.373 e. The van der Waals surface area contributed by atoms with Crippen LogP contribution in [0.3, 0.4) is 0 Å². The zero-order valence-electron chi connectivity index (χ0n) is 9.39. The lowest BCUT2D eigenvalue weighted by atomic mass is 9.98. The second-order valence-electron chi connectivity index (χ2n) is 4.42. The molecule has 0 radical (unpaired) electrons. The van der Waals surface area contributed by atoms with E-state index in [-0.39, 0.29) is 6.10 Å². The topological polar surface area (TPSA) is 53.1 Å². The molecular formula is C11H19N3O. The standard InChI is InChI=1S/C11H19N3O/c1-8(2)14-7-10(6-13-14)11-9(5-12)3-4-15-11/h6-9,11H,3-5,12H2,1-2H3/t9-,11+/m0/s1. The van der Waals surface area contributed by atoms with Crippen molar-refractivity contribution in [2.75, 3.05) is 13.2 Å². The van der Waals surface area contributed by atoms with Crippen LogP contribution in [0.4, 0.5) is 0 Å². The number of ether oxygens (including phenoxy) is 1. The molecular weight excluding hydrogens is 190 g/mol. The predicted octanol–water partition coefficient (Wildman–Crippen LogP) is 1.50. The molecule has 1 saturated heterocycles. The summed E-state index contributed by atoms with van der Waals surface area (Å²) in [5, 5.41) is 4.32. The third-order valence-corrected chi connectivity index (χ3v) is 3.00. The van der Waals surface area contributed by atoms with Crippen LogP contribution in [-0.4, -0.2) is 22.9 Å². The van der Waals surface area contributed by atoms with Gasteiger partial charge in [-0.3, -0.25) is 4.68 Å². The lowest BCUT2D eigenvalue weighted by Crippen LogP contribution is -2.17. The highest BCUT2D eigenvalue weighted by atomic mass is 16.5. The van der Waals surface area contributed by atoms with E-state index in [1.165, 1.54) is 0 Å². The van der Waals surface area contributed by atoms with Gasteiger partial charge in [0, 0.05) is 30.3 Å². The normalized spacial score (nSPS) is 26.4. The smallest absolute Gasteiger partial charge is 0.0896 e. The predicted molar refractivity (Wildman–Crippen MR) is 58.5 cm³/mol. The lowest BCUT2D eigenvalue weighted by Gasteiger charge is -2.14. The minimum absolute atomic E-state index is 0.155. The molecule has 0 spiro atoms. The maximum atomic E-state index is 5.72. The summed E-state index contributed by atoms with van der Waals surface area (Å²) in [5.41, 5.74) is 6.88. The van der Waals surface area contributed by atoms with Crippen LogP contribution >= 0.6 is 0 Å². The zero-order valence-corrected chi connectivity index (χ0v) is 9.39. The van der Waals surface area contributed by atoms with Crippen LogP contribution in [0.5, 0.6) is 0 Å². The summed E-state index contributed by atoms with van der Waals surface area (Å²) < 4.78 is 7.67. The SMILES string of the molecule is CC(C)n1cc([C@@H]2OCC[C@H]2CN)cn1. The van der Waals surface area contributed by atoms with Crippen LogP contribution in [0.1, 0.15) is 38.0 Å². The number of rotatable bonds is 3. The monoisotopic (exact) mass is 209 g/mol. The van der Waals surface area contributed by atoms with Gasteiger partial charge >= 0.3 is 0 Å². The molecule has 1 aliphatic heterocycles. The van der Waals surface area contributed by atoms with Crippen molar-refractivity contribution in [2.45, 2.75) is 32.4 Å². The summed E-state index contributed by atoms with van der Waals surface area (Å²) in [6.07, 6.45) is 5.19. The van der Waals surface area contributed by atoms with E-state index < -0.39 is 0 Å². The molecule has 0 bridgehead atoms. The van der Waals surface area contributed by atoms with Crippen LogP contribution < -0.4 is 5.73 Å². The van der Waals surface area contributed by atoms with Crippen molar-refractivity contribution in [2.24, 2.45) is 11.7 Å². The number of nitrogens with two attached hydrogens (primary N) is 1. The Morgan fingerprint density at radius 1 is 1.67 bits per heavy atom. The highest BCUT2D eigenvalue weighted by Crippen LogP contribution is 2.33. The number of nitrogens with zero attached hydrogens (tertiary/aromatic N) is 2. The Labute approximate surface area is 90.4 Å². The highest BCUT2D eigenvalue weighted by Gasteiger charge is 2.29. The Bertz CT molecular complexity index is 321. The van der Waals surface area contributed by atoms with Crippen LogP contribution in [0.25, 0.3) is 0 Å². The van der Waals surface area contributed by atoms with E-state index in [0.29, 0.717) is 18.5 Å². The Morgan fingerprint density at radius 2 is 2.47 bits per heavy atom. The van der Waals surface area contributed by atoms with Gasteiger partial charge in [-0.25, -0.2) is 0 Å². The minimum atomic E-state index is 0.155. The fourth-order valence-corrected chi connectivity index (χ4v) is 2.03. The maximum Gasteiger partial charge on any atom is 0.0896 e. The molecule has 0 saturated carbocycles. The van der Waals surface area contributed by atoms with Crippen LogP contribution in [0.2, 0.25) is 0 Å². The highest BCUT2D eigenvalue weighted by molar-refractivity contribution is 5.11. The Balaban J connectivity index is 2.14. The van der Waals surface area contributed by atoms with E-state index in [9.17, 15) is 0 Å². The van der Waals surface area contributed by atoms with Crippen LogP contribution in [0, 0.1) is 5.92 Å². The lowest BCUT2D eigenvalue weighted by molar-refractivity contribution is 0.0924. The first-order chi connectivity index (χ1) is 7.22. The molecule has 1 aromatic heterocycles. The van der Waals surface area contributed by atoms with E-state index in [0.717, 1.165) is 18.6 Å². The van der Waals surface area contributed by atoms with E-state index in [1.807, 2.05) is 10.9 Å². The van der Waals surface area contributed by atoms with Gasteiger partial charge in [0.25, 0.3) is 0 Å². The van der Waals surface area contributed by atoms with Gasteiger partial charge < -0.3 is 10.5 Å². The number of aromatic nitrogens is 2. The summed E-state index contributed by atoms with van der Waals surface area (Å²) in [7, 11) is 0. The van der Waals surface area contributed by atoms with Crippen LogP contribution in [0.15, 0.2) is 12.4 Å². The van der Waals surface area contributed by atoms with Gasteiger partial charge in [0.1, 0.15) is 0 Å². The molecule has 2 N–H and O–H groups in total. The number of hydrogen-bond donors (Lipinski definition) is 1. The molecule has 2 atom stereocenters. The maximum absolute atomic E-state index is 5.72. The summed E-state index contributed by atoms with van der Waals surface area (Å²) in [6, 6.07) is 0.400.